The van der Waals surface area contributed by atoms with Gasteiger partial charge in [0, 0.05) is 13.1 Å². The molecular weight excluding hydrogens is 234 g/mol. The van der Waals surface area contributed by atoms with Crippen molar-refractivity contribution in [3.63, 3.8) is 0 Å². The largest absolute Gasteiger partial charge is 0.364 e. The predicted molar refractivity (Wildman–Crippen MR) is 70.8 cm³/mol. The Morgan fingerprint density at radius 2 is 1.94 bits per heavy atom. The Kier molecular flexibility index (Phi) is 5.29. The zero-order chi connectivity index (χ0) is 13.5. The molecule has 0 fully saturated rings. The summed E-state index contributed by atoms with van der Waals surface area (Å²) in [4.78, 5) is 18.5. The molecule has 0 radical (unpaired) electrons. The van der Waals surface area contributed by atoms with Gasteiger partial charge in [-0.15, -0.1) is 0 Å². The van der Waals surface area contributed by atoms with Crippen molar-refractivity contribution in [2.24, 2.45) is 5.92 Å². The number of aromatic nitrogens is 2. The number of nitro groups is 1. The number of rotatable bonds is 7. The molecule has 2 N–H and O–H groups in total. The van der Waals surface area contributed by atoms with Crippen molar-refractivity contribution in [1.82, 2.24) is 9.97 Å². The lowest BCUT2D eigenvalue weighted by Crippen LogP contribution is -2.13. The highest BCUT2D eigenvalue weighted by molar-refractivity contribution is 5.69. The van der Waals surface area contributed by atoms with Gasteiger partial charge in [0.15, 0.2) is 0 Å². The van der Waals surface area contributed by atoms with E-state index in [2.05, 4.69) is 20.6 Å². The van der Waals surface area contributed by atoms with Crippen molar-refractivity contribution in [2.75, 3.05) is 23.7 Å². The number of hydrogen-bond acceptors (Lipinski definition) is 6. The van der Waals surface area contributed by atoms with Crippen LogP contribution in [0.2, 0.25) is 0 Å². The van der Waals surface area contributed by atoms with Gasteiger partial charge in [-0.1, -0.05) is 20.8 Å². The lowest BCUT2D eigenvalue weighted by atomic mass is 10.2. The van der Waals surface area contributed by atoms with E-state index in [-0.39, 0.29) is 17.3 Å². The Morgan fingerprint density at radius 1 is 1.33 bits per heavy atom. The molecule has 0 bridgehead atoms. The quantitative estimate of drug-likeness (QED) is 0.572. The minimum absolute atomic E-state index is 0.0911. The summed E-state index contributed by atoms with van der Waals surface area (Å²) in [6.45, 7) is 7.30. The molecular formula is C11H19N5O2. The zero-order valence-corrected chi connectivity index (χ0v) is 10.9. The highest BCUT2D eigenvalue weighted by Gasteiger charge is 2.22. The van der Waals surface area contributed by atoms with Gasteiger partial charge in [-0.25, -0.2) is 9.97 Å². The summed E-state index contributed by atoms with van der Waals surface area (Å²) in [6, 6.07) is 0. The van der Waals surface area contributed by atoms with Crippen LogP contribution in [0.1, 0.15) is 27.2 Å². The van der Waals surface area contributed by atoms with Crippen molar-refractivity contribution in [3.05, 3.63) is 16.4 Å². The smallest absolute Gasteiger partial charge is 0.353 e. The minimum atomic E-state index is -0.458. The van der Waals surface area contributed by atoms with E-state index in [1.165, 1.54) is 6.33 Å². The SMILES string of the molecule is CCCNc1ncnc(NCC(C)C)c1[N+](=O)[O-]. The summed E-state index contributed by atoms with van der Waals surface area (Å²) >= 11 is 0. The van der Waals surface area contributed by atoms with E-state index < -0.39 is 4.92 Å². The summed E-state index contributed by atoms with van der Waals surface area (Å²) in [5.74, 6) is 0.914. The van der Waals surface area contributed by atoms with E-state index in [1.54, 1.807) is 0 Å². The average molecular weight is 253 g/mol. The molecule has 0 saturated heterocycles. The maximum atomic E-state index is 11.1. The molecule has 1 aromatic rings. The molecule has 18 heavy (non-hydrogen) atoms. The molecule has 1 aromatic heterocycles. The standard InChI is InChI=1S/C11H19N5O2/c1-4-5-12-10-9(16(17)18)11(15-7-14-10)13-6-8(2)3/h7-8H,4-6H2,1-3H3,(H2,12,13,14,15). The highest BCUT2D eigenvalue weighted by Crippen LogP contribution is 2.28. The Balaban J connectivity index is 2.97. The first-order chi connectivity index (χ1) is 8.56. The molecule has 0 aliphatic rings. The summed E-state index contributed by atoms with van der Waals surface area (Å²) in [7, 11) is 0. The molecule has 0 saturated carbocycles. The molecule has 0 unspecified atom stereocenters. The monoisotopic (exact) mass is 253 g/mol. The second kappa shape index (κ2) is 6.73. The number of hydrogen-bond donors (Lipinski definition) is 2. The maximum absolute atomic E-state index is 11.1. The second-order valence-electron chi connectivity index (χ2n) is 4.38. The van der Waals surface area contributed by atoms with E-state index >= 15 is 0 Å². The van der Waals surface area contributed by atoms with E-state index in [0.717, 1.165) is 6.42 Å². The third-order valence-electron chi connectivity index (χ3n) is 2.23. The van der Waals surface area contributed by atoms with Crippen LogP contribution in [0.4, 0.5) is 17.3 Å². The van der Waals surface area contributed by atoms with Crippen LogP contribution in [0.5, 0.6) is 0 Å². The first-order valence-corrected chi connectivity index (χ1v) is 6.03. The molecule has 1 rings (SSSR count). The normalized spacial score (nSPS) is 10.4. The minimum Gasteiger partial charge on any atom is -0.364 e. The lowest BCUT2D eigenvalue weighted by molar-refractivity contribution is -0.383. The van der Waals surface area contributed by atoms with Crippen molar-refractivity contribution in [2.45, 2.75) is 27.2 Å². The van der Waals surface area contributed by atoms with Crippen LogP contribution < -0.4 is 10.6 Å². The fourth-order valence-electron chi connectivity index (χ4n) is 1.35. The lowest BCUT2D eigenvalue weighted by Gasteiger charge is -2.10. The average Bonchev–Trinajstić information content (AvgIpc) is 2.33. The molecule has 7 heteroatoms. The highest BCUT2D eigenvalue weighted by atomic mass is 16.6. The van der Waals surface area contributed by atoms with Crippen LogP contribution in [0.3, 0.4) is 0 Å². The second-order valence-corrected chi connectivity index (χ2v) is 4.38. The maximum Gasteiger partial charge on any atom is 0.353 e. The van der Waals surface area contributed by atoms with Gasteiger partial charge >= 0.3 is 5.69 Å². The van der Waals surface area contributed by atoms with Crippen LogP contribution in [0.15, 0.2) is 6.33 Å². The van der Waals surface area contributed by atoms with Crippen molar-refractivity contribution >= 4 is 17.3 Å². The molecule has 0 aliphatic carbocycles. The molecule has 0 spiro atoms. The fraction of sp³-hybridized carbons (Fsp3) is 0.636. The Labute approximate surface area is 106 Å². The van der Waals surface area contributed by atoms with Crippen molar-refractivity contribution in [1.29, 1.82) is 0 Å². The van der Waals surface area contributed by atoms with Crippen molar-refractivity contribution in [3.8, 4) is 0 Å². The third-order valence-corrected chi connectivity index (χ3v) is 2.23. The predicted octanol–water partition coefficient (Wildman–Crippen LogP) is 2.27. The molecule has 100 valence electrons. The number of nitrogens with zero attached hydrogens (tertiary/aromatic N) is 3. The molecule has 0 amide bonds. The van der Waals surface area contributed by atoms with Gasteiger partial charge < -0.3 is 10.6 Å². The van der Waals surface area contributed by atoms with Crippen LogP contribution in [-0.4, -0.2) is 28.0 Å². The summed E-state index contributed by atoms with van der Waals surface area (Å²) in [5.41, 5.74) is -0.0911. The molecule has 7 nitrogen and oxygen atoms in total. The first kappa shape index (κ1) is 14.1. The van der Waals surface area contributed by atoms with Gasteiger partial charge in [0.25, 0.3) is 0 Å². The first-order valence-electron chi connectivity index (χ1n) is 6.03. The molecule has 1 heterocycles. The van der Waals surface area contributed by atoms with Gasteiger partial charge in [-0.05, 0) is 12.3 Å². The Morgan fingerprint density at radius 3 is 2.44 bits per heavy atom. The molecule has 0 atom stereocenters. The van der Waals surface area contributed by atoms with Crippen LogP contribution in [0, 0.1) is 16.0 Å². The van der Waals surface area contributed by atoms with E-state index in [1.807, 2.05) is 20.8 Å². The summed E-state index contributed by atoms with van der Waals surface area (Å²) < 4.78 is 0. The van der Waals surface area contributed by atoms with Gasteiger partial charge in [-0.3, -0.25) is 10.1 Å². The third kappa shape index (κ3) is 3.83. The molecule has 0 aromatic carbocycles. The van der Waals surface area contributed by atoms with Crippen molar-refractivity contribution < 1.29 is 4.92 Å². The van der Waals surface area contributed by atoms with Crippen LogP contribution in [0.25, 0.3) is 0 Å². The van der Waals surface area contributed by atoms with Crippen LogP contribution in [-0.2, 0) is 0 Å². The fourth-order valence-corrected chi connectivity index (χ4v) is 1.35. The Bertz CT molecular complexity index is 408. The summed E-state index contributed by atoms with van der Waals surface area (Å²) in [6.07, 6.45) is 2.20. The van der Waals surface area contributed by atoms with E-state index in [9.17, 15) is 10.1 Å². The number of nitrogens with one attached hydrogen (secondary N) is 2. The van der Waals surface area contributed by atoms with Gasteiger partial charge in [0.2, 0.25) is 11.6 Å². The number of anilines is 2. The van der Waals surface area contributed by atoms with E-state index in [0.29, 0.717) is 19.0 Å². The topological polar surface area (TPSA) is 93.0 Å². The Hall–Kier alpha value is -1.92. The van der Waals surface area contributed by atoms with Crippen LogP contribution >= 0.6 is 0 Å². The van der Waals surface area contributed by atoms with Gasteiger partial charge in [-0.2, -0.15) is 0 Å². The van der Waals surface area contributed by atoms with Gasteiger partial charge in [0.1, 0.15) is 6.33 Å². The van der Waals surface area contributed by atoms with E-state index in [4.69, 9.17) is 0 Å². The molecule has 0 aliphatic heterocycles. The zero-order valence-electron chi connectivity index (χ0n) is 10.9. The summed E-state index contributed by atoms with van der Waals surface area (Å²) in [5, 5.41) is 17.0. The van der Waals surface area contributed by atoms with Gasteiger partial charge in [0.05, 0.1) is 4.92 Å².